The van der Waals surface area contributed by atoms with E-state index in [1.807, 2.05) is 13.0 Å². The number of H-pyrrole nitrogens is 1. The predicted molar refractivity (Wildman–Crippen MR) is 53.2 cm³/mol. The Morgan fingerprint density at radius 3 is 2.93 bits per heavy atom. The molecule has 0 aromatic carbocycles. The van der Waals surface area contributed by atoms with Crippen LogP contribution < -0.4 is 10.9 Å². The molecule has 4 heteroatoms. The molecule has 2 N–H and O–H groups in total. The molecule has 2 unspecified atom stereocenters. The Balaban J connectivity index is 2.14. The summed E-state index contributed by atoms with van der Waals surface area (Å²) < 4.78 is 5.73. The normalized spacial score (nSPS) is 27.5. The van der Waals surface area contributed by atoms with Crippen molar-refractivity contribution < 1.29 is 4.74 Å². The first-order valence-electron chi connectivity index (χ1n) is 4.80. The molecule has 1 aliphatic rings. The monoisotopic (exact) mass is 194 g/mol. The van der Waals surface area contributed by atoms with Crippen LogP contribution in [0.4, 0.5) is 0 Å². The molecule has 4 nitrogen and oxygen atoms in total. The Kier molecular flexibility index (Phi) is 2.65. The maximum absolute atomic E-state index is 10.9. The first kappa shape index (κ1) is 9.43. The number of aromatic nitrogens is 1. The maximum atomic E-state index is 10.9. The second kappa shape index (κ2) is 3.94. The Morgan fingerprint density at radius 1 is 1.43 bits per heavy atom. The molecule has 1 saturated heterocycles. The van der Waals surface area contributed by atoms with Crippen LogP contribution in [0, 0.1) is 0 Å². The minimum Gasteiger partial charge on any atom is -0.368 e. The van der Waals surface area contributed by atoms with E-state index >= 15 is 0 Å². The van der Waals surface area contributed by atoms with Crippen molar-refractivity contribution in [1.29, 1.82) is 0 Å². The lowest BCUT2D eigenvalue weighted by Crippen LogP contribution is -2.39. The quantitative estimate of drug-likeness (QED) is 0.681. The van der Waals surface area contributed by atoms with Crippen LogP contribution in [0.15, 0.2) is 23.1 Å². The highest BCUT2D eigenvalue weighted by Crippen LogP contribution is 2.19. The van der Waals surface area contributed by atoms with E-state index in [9.17, 15) is 4.79 Å². The average molecular weight is 194 g/mol. The summed E-state index contributed by atoms with van der Waals surface area (Å²) in [7, 11) is 0. The van der Waals surface area contributed by atoms with Crippen LogP contribution in [0.3, 0.4) is 0 Å². The predicted octanol–water partition coefficient (Wildman–Crippen LogP) is 0.424. The molecule has 1 aliphatic heterocycles. The van der Waals surface area contributed by atoms with E-state index in [0.717, 1.165) is 18.7 Å². The molecule has 14 heavy (non-hydrogen) atoms. The first-order chi connectivity index (χ1) is 6.75. The Morgan fingerprint density at radius 2 is 2.29 bits per heavy atom. The van der Waals surface area contributed by atoms with Crippen LogP contribution in [0.25, 0.3) is 0 Å². The standard InChI is InChI=1S/C10H14N2O2/c1-7-4-11-6-9(14-7)8-2-3-10(13)12-5-8/h2-3,5,7,9,11H,4,6H2,1H3,(H,12,13). The van der Waals surface area contributed by atoms with Gasteiger partial charge in [-0.25, -0.2) is 0 Å². The van der Waals surface area contributed by atoms with Crippen LogP contribution >= 0.6 is 0 Å². The van der Waals surface area contributed by atoms with Crippen LogP contribution in [-0.2, 0) is 4.74 Å². The fourth-order valence-electron chi connectivity index (χ4n) is 1.61. The highest BCUT2D eigenvalue weighted by Gasteiger charge is 2.19. The van der Waals surface area contributed by atoms with Crippen molar-refractivity contribution in [3.8, 4) is 0 Å². The van der Waals surface area contributed by atoms with E-state index in [2.05, 4.69) is 10.3 Å². The largest absolute Gasteiger partial charge is 0.368 e. The molecule has 0 bridgehead atoms. The van der Waals surface area contributed by atoms with Crippen molar-refractivity contribution in [3.05, 3.63) is 34.2 Å². The zero-order chi connectivity index (χ0) is 9.97. The summed E-state index contributed by atoms with van der Waals surface area (Å²) in [6, 6.07) is 3.33. The smallest absolute Gasteiger partial charge is 0.247 e. The SMILES string of the molecule is CC1CNCC(c2ccc(=O)[nH]c2)O1. The number of pyridine rings is 1. The van der Waals surface area contributed by atoms with Crippen molar-refractivity contribution in [1.82, 2.24) is 10.3 Å². The topological polar surface area (TPSA) is 54.1 Å². The molecule has 1 fully saturated rings. The van der Waals surface area contributed by atoms with E-state index < -0.39 is 0 Å². The van der Waals surface area contributed by atoms with E-state index in [1.165, 1.54) is 6.07 Å². The number of aromatic amines is 1. The third kappa shape index (κ3) is 2.02. The van der Waals surface area contributed by atoms with Gasteiger partial charge < -0.3 is 15.0 Å². The summed E-state index contributed by atoms with van der Waals surface area (Å²) in [6.45, 7) is 3.72. The summed E-state index contributed by atoms with van der Waals surface area (Å²) in [6.07, 6.45) is 1.99. The minimum absolute atomic E-state index is 0.0515. The molecule has 2 rings (SSSR count). The molecular formula is C10H14N2O2. The number of rotatable bonds is 1. The van der Waals surface area contributed by atoms with Gasteiger partial charge in [0.15, 0.2) is 0 Å². The van der Waals surface area contributed by atoms with Crippen LogP contribution in [0.5, 0.6) is 0 Å². The average Bonchev–Trinajstić information content (AvgIpc) is 2.19. The van der Waals surface area contributed by atoms with Gasteiger partial charge in [-0.2, -0.15) is 0 Å². The van der Waals surface area contributed by atoms with Gasteiger partial charge in [-0.1, -0.05) is 0 Å². The molecule has 76 valence electrons. The third-order valence-corrected chi connectivity index (χ3v) is 2.34. The van der Waals surface area contributed by atoms with Crippen LogP contribution in [0.2, 0.25) is 0 Å². The van der Waals surface area contributed by atoms with Crippen LogP contribution in [-0.4, -0.2) is 24.2 Å². The fraction of sp³-hybridized carbons (Fsp3) is 0.500. The minimum atomic E-state index is -0.0782. The number of hydrogen-bond acceptors (Lipinski definition) is 3. The third-order valence-electron chi connectivity index (χ3n) is 2.34. The zero-order valence-corrected chi connectivity index (χ0v) is 8.12. The van der Waals surface area contributed by atoms with Crippen molar-refractivity contribution >= 4 is 0 Å². The van der Waals surface area contributed by atoms with Crippen molar-refractivity contribution in [3.63, 3.8) is 0 Å². The summed E-state index contributed by atoms with van der Waals surface area (Å²) >= 11 is 0. The first-order valence-corrected chi connectivity index (χ1v) is 4.80. The molecular weight excluding hydrogens is 180 g/mol. The van der Waals surface area contributed by atoms with Crippen LogP contribution in [0.1, 0.15) is 18.6 Å². The molecule has 0 saturated carbocycles. The molecule has 0 amide bonds. The second-order valence-electron chi connectivity index (χ2n) is 3.58. The van der Waals surface area contributed by atoms with Gasteiger partial charge in [0.25, 0.3) is 0 Å². The lowest BCUT2D eigenvalue weighted by atomic mass is 10.1. The Hall–Kier alpha value is -1.13. The van der Waals surface area contributed by atoms with Crippen molar-refractivity contribution in [2.45, 2.75) is 19.1 Å². The molecule has 2 heterocycles. The van der Waals surface area contributed by atoms with Gasteiger partial charge in [0.05, 0.1) is 12.2 Å². The summed E-state index contributed by atoms with van der Waals surface area (Å²) in [5.41, 5.74) is 0.939. The zero-order valence-electron chi connectivity index (χ0n) is 8.12. The van der Waals surface area contributed by atoms with Gasteiger partial charge in [-0.05, 0) is 18.6 Å². The number of hydrogen-bond donors (Lipinski definition) is 2. The number of morpholine rings is 1. The van der Waals surface area contributed by atoms with E-state index in [4.69, 9.17) is 4.74 Å². The fourth-order valence-corrected chi connectivity index (χ4v) is 1.61. The lowest BCUT2D eigenvalue weighted by molar-refractivity contribution is -0.0288. The van der Waals surface area contributed by atoms with Gasteiger partial charge in [0.2, 0.25) is 5.56 Å². The lowest BCUT2D eigenvalue weighted by Gasteiger charge is -2.28. The molecule has 0 spiro atoms. The maximum Gasteiger partial charge on any atom is 0.247 e. The van der Waals surface area contributed by atoms with E-state index in [-0.39, 0.29) is 17.8 Å². The van der Waals surface area contributed by atoms with E-state index in [0.29, 0.717) is 0 Å². The summed E-state index contributed by atoms with van der Waals surface area (Å²) in [5.74, 6) is 0. The van der Waals surface area contributed by atoms with Gasteiger partial charge >= 0.3 is 0 Å². The molecule has 0 radical (unpaired) electrons. The number of ether oxygens (including phenoxy) is 1. The Labute approximate surface area is 82.3 Å². The number of nitrogens with one attached hydrogen (secondary N) is 2. The highest BCUT2D eigenvalue weighted by atomic mass is 16.5. The molecule has 0 aliphatic carbocycles. The second-order valence-corrected chi connectivity index (χ2v) is 3.58. The van der Waals surface area contributed by atoms with Gasteiger partial charge in [0.1, 0.15) is 0 Å². The summed E-state index contributed by atoms with van der Waals surface area (Å²) in [4.78, 5) is 13.5. The van der Waals surface area contributed by atoms with Gasteiger partial charge in [0, 0.05) is 25.4 Å². The van der Waals surface area contributed by atoms with Crippen molar-refractivity contribution in [2.75, 3.05) is 13.1 Å². The Bertz CT molecular complexity index is 341. The van der Waals surface area contributed by atoms with E-state index in [1.54, 1.807) is 6.20 Å². The van der Waals surface area contributed by atoms with Crippen molar-refractivity contribution in [2.24, 2.45) is 0 Å². The summed E-state index contributed by atoms with van der Waals surface area (Å²) in [5, 5.41) is 3.28. The van der Waals surface area contributed by atoms with Gasteiger partial charge in [-0.15, -0.1) is 0 Å². The molecule has 1 aromatic heterocycles. The highest BCUT2D eigenvalue weighted by molar-refractivity contribution is 5.13. The molecule has 1 aromatic rings. The molecule has 2 atom stereocenters. The van der Waals surface area contributed by atoms with Gasteiger partial charge in [-0.3, -0.25) is 4.79 Å².